The third-order valence-electron chi connectivity index (χ3n) is 5.21. The van der Waals surface area contributed by atoms with Crippen LogP contribution in [0.5, 0.6) is 0 Å². The molecule has 1 aliphatic heterocycles. The van der Waals surface area contributed by atoms with Crippen molar-refractivity contribution in [1.29, 1.82) is 0 Å². The summed E-state index contributed by atoms with van der Waals surface area (Å²) in [5.41, 5.74) is 1.45. The van der Waals surface area contributed by atoms with Crippen LogP contribution in [0.4, 0.5) is 11.6 Å². The van der Waals surface area contributed by atoms with Crippen LogP contribution in [0.1, 0.15) is 12.0 Å². The van der Waals surface area contributed by atoms with Gasteiger partial charge in [-0.1, -0.05) is 18.2 Å². The van der Waals surface area contributed by atoms with Crippen molar-refractivity contribution in [2.24, 2.45) is 0 Å². The lowest BCUT2D eigenvalue weighted by Gasteiger charge is -2.26. The van der Waals surface area contributed by atoms with Crippen LogP contribution >= 0.6 is 11.3 Å². The fourth-order valence-electron chi connectivity index (χ4n) is 3.63. The SMILES string of the molecule is CN(C)c1cc(N(C)C2CCN(Cc3csc4ccccc34)C2)ncn1. The maximum atomic E-state index is 4.48. The Kier molecular flexibility index (Phi) is 4.78. The van der Waals surface area contributed by atoms with Gasteiger partial charge in [-0.25, -0.2) is 9.97 Å². The number of fused-ring (bicyclic) bond motifs is 1. The van der Waals surface area contributed by atoms with E-state index in [4.69, 9.17) is 0 Å². The molecule has 136 valence electrons. The Balaban J connectivity index is 1.44. The van der Waals surface area contributed by atoms with Gasteiger partial charge in [0.15, 0.2) is 0 Å². The van der Waals surface area contributed by atoms with E-state index in [2.05, 4.69) is 62.5 Å². The number of thiophene rings is 1. The highest BCUT2D eigenvalue weighted by Crippen LogP contribution is 2.29. The largest absolute Gasteiger partial charge is 0.363 e. The predicted molar refractivity (Wildman–Crippen MR) is 110 cm³/mol. The molecule has 1 fully saturated rings. The number of hydrogen-bond acceptors (Lipinski definition) is 6. The maximum Gasteiger partial charge on any atom is 0.134 e. The molecular weight excluding hydrogens is 342 g/mol. The van der Waals surface area contributed by atoms with Crippen molar-refractivity contribution < 1.29 is 0 Å². The van der Waals surface area contributed by atoms with E-state index < -0.39 is 0 Å². The molecule has 26 heavy (non-hydrogen) atoms. The van der Waals surface area contributed by atoms with E-state index in [1.807, 2.05) is 30.3 Å². The number of likely N-dealkylation sites (tertiary alicyclic amines) is 1. The summed E-state index contributed by atoms with van der Waals surface area (Å²) < 4.78 is 1.38. The highest BCUT2D eigenvalue weighted by molar-refractivity contribution is 7.17. The van der Waals surface area contributed by atoms with E-state index in [1.54, 1.807) is 6.33 Å². The zero-order chi connectivity index (χ0) is 18.1. The molecule has 0 bridgehead atoms. The smallest absolute Gasteiger partial charge is 0.134 e. The Morgan fingerprint density at radius 2 is 1.96 bits per heavy atom. The second kappa shape index (κ2) is 7.21. The summed E-state index contributed by atoms with van der Waals surface area (Å²) in [6.07, 6.45) is 2.82. The Bertz CT molecular complexity index is 891. The first-order chi connectivity index (χ1) is 12.6. The third kappa shape index (κ3) is 3.39. The van der Waals surface area contributed by atoms with Gasteiger partial charge in [0.25, 0.3) is 0 Å². The topological polar surface area (TPSA) is 35.5 Å². The molecule has 1 atom stereocenters. The van der Waals surface area contributed by atoms with Crippen molar-refractivity contribution in [3.8, 4) is 0 Å². The van der Waals surface area contributed by atoms with Gasteiger partial charge < -0.3 is 9.80 Å². The summed E-state index contributed by atoms with van der Waals surface area (Å²) in [6.45, 7) is 3.23. The highest BCUT2D eigenvalue weighted by atomic mass is 32.1. The predicted octanol–water partition coefficient (Wildman–Crippen LogP) is 3.47. The van der Waals surface area contributed by atoms with Crippen LogP contribution in [0.25, 0.3) is 10.1 Å². The van der Waals surface area contributed by atoms with Gasteiger partial charge >= 0.3 is 0 Å². The fourth-order valence-corrected chi connectivity index (χ4v) is 4.58. The molecule has 0 aliphatic carbocycles. The average molecular weight is 368 g/mol. The molecule has 3 heterocycles. The molecule has 6 heteroatoms. The van der Waals surface area contributed by atoms with E-state index >= 15 is 0 Å². The van der Waals surface area contributed by atoms with Crippen LogP contribution in [0.15, 0.2) is 42.0 Å². The Hall–Kier alpha value is -2.18. The van der Waals surface area contributed by atoms with E-state index in [1.165, 1.54) is 22.1 Å². The van der Waals surface area contributed by atoms with E-state index in [0.717, 1.165) is 31.3 Å². The first-order valence-corrected chi connectivity index (χ1v) is 9.89. The lowest BCUT2D eigenvalue weighted by Crippen LogP contribution is -2.35. The Labute approximate surface area is 158 Å². The molecule has 0 saturated carbocycles. The second-order valence-corrected chi connectivity index (χ2v) is 8.09. The zero-order valence-electron chi connectivity index (χ0n) is 15.6. The van der Waals surface area contributed by atoms with E-state index in [-0.39, 0.29) is 0 Å². The standard InChI is InChI=1S/C20H25N5S/c1-23(2)19-10-20(22-14-21-19)24(3)16-8-9-25(12-16)11-15-13-26-18-7-5-4-6-17(15)18/h4-7,10,13-14,16H,8-9,11-12H2,1-3H3. The minimum absolute atomic E-state index is 0.491. The molecule has 0 radical (unpaired) electrons. The van der Waals surface area contributed by atoms with Gasteiger partial charge in [0, 0.05) is 57.6 Å². The van der Waals surface area contributed by atoms with Crippen LogP contribution in [0.2, 0.25) is 0 Å². The first-order valence-electron chi connectivity index (χ1n) is 9.01. The normalized spacial score (nSPS) is 17.7. The van der Waals surface area contributed by atoms with Crippen molar-refractivity contribution >= 4 is 33.1 Å². The van der Waals surface area contributed by atoms with Crippen molar-refractivity contribution in [3.05, 3.63) is 47.6 Å². The first kappa shape index (κ1) is 17.2. The van der Waals surface area contributed by atoms with Gasteiger partial charge in [-0.15, -0.1) is 11.3 Å². The average Bonchev–Trinajstić information content (AvgIpc) is 3.29. The van der Waals surface area contributed by atoms with Crippen LogP contribution in [0.3, 0.4) is 0 Å². The maximum absolute atomic E-state index is 4.48. The van der Waals surface area contributed by atoms with Gasteiger partial charge in [-0.05, 0) is 28.8 Å². The van der Waals surface area contributed by atoms with Crippen LogP contribution in [-0.2, 0) is 6.54 Å². The number of anilines is 2. The molecule has 0 N–H and O–H groups in total. The zero-order valence-corrected chi connectivity index (χ0v) is 16.4. The summed E-state index contributed by atoms with van der Waals surface area (Å²) in [5, 5.41) is 3.72. The van der Waals surface area contributed by atoms with Crippen molar-refractivity contribution in [3.63, 3.8) is 0 Å². The quantitative estimate of drug-likeness (QED) is 0.690. The monoisotopic (exact) mass is 367 g/mol. The van der Waals surface area contributed by atoms with Crippen molar-refractivity contribution in [2.75, 3.05) is 44.0 Å². The Morgan fingerprint density at radius 1 is 1.15 bits per heavy atom. The molecule has 1 saturated heterocycles. The van der Waals surface area contributed by atoms with Crippen molar-refractivity contribution in [2.45, 2.75) is 19.0 Å². The highest BCUT2D eigenvalue weighted by Gasteiger charge is 2.27. The summed E-state index contributed by atoms with van der Waals surface area (Å²) in [6, 6.07) is 11.3. The molecule has 0 spiro atoms. The summed E-state index contributed by atoms with van der Waals surface area (Å²) >= 11 is 1.85. The van der Waals surface area contributed by atoms with E-state index in [0.29, 0.717) is 6.04 Å². The lowest BCUT2D eigenvalue weighted by atomic mass is 10.2. The van der Waals surface area contributed by atoms with E-state index in [9.17, 15) is 0 Å². The number of benzene rings is 1. The molecule has 2 aromatic heterocycles. The summed E-state index contributed by atoms with van der Waals surface area (Å²) in [4.78, 5) is 15.7. The number of aromatic nitrogens is 2. The minimum atomic E-state index is 0.491. The Morgan fingerprint density at radius 3 is 2.81 bits per heavy atom. The molecule has 1 aromatic carbocycles. The summed E-state index contributed by atoms with van der Waals surface area (Å²) in [5.74, 6) is 1.94. The molecule has 1 aliphatic rings. The van der Waals surface area contributed by atoms with Crippen LogP contribution < -0.4 is 9.80 Å². The van der Waals surface area contributed by atoms with Gasteiger partial charge in [0.2, 0.25) is 0 Å². The molecule has 4 rings (SSSR count). The molecule has 1 unspecified atom stereocenters. The van der Waals surface area contributed by atoms with Gasteiger partial charge in [0.05, 0.1) is 0 Å². The van der Waals surface area contributed by atoms with Gasteiger partial charge in [-0.2, -0.15) is 0 Å². The number of likely N-dealkylation sites (N-methyl/N-ethyl adjacent to an activating group) is 1. The van der Waals surface area contributed by atoms with Crippen molar-refractivity contribution in [1.82, 2.24) is 14.9 Å². The number of hydrogen-bond donors (Lipinski definition) is 0. The molecule has 3 aromatic rings. The number of nitrogens with zero attached hydrogens (tertiary/aromatic N) is 5. The fraction of sp³-hybridized carbons (Fsp3) is 0.400. The lowest BCUT2D eigenvalue weighted by molar-refractivity contribution is 0.327. The van der Waals surface area contributed by atoms with Crippen LogP contribution in [-0.4, -0.2) is 55.1 Å². The van der Waals surface area contributed by atoms with Gasteiger partial charge in [0.1, 0.15) is 18.0 Å². The number of rotatable bonds is 5. The van der Waals surface area contributed by atoms with Gasteiger partial charge in [-0.3, -0.25) is 4.90 Å². The molecule has 5 nitrogen and oxygen atoms in total. The summed E-state index contributed by atoms with van der Waals surface area (Å²) in [7, 11) is 6.17. The molecule has 0 amide bonds. The minimum Gasteiger partial charge on any atom is -0.363 e. The third-order valence-corrected chi connectivity index (χ3v) is 6.22. The second-order valence-electron chi connectivity index (χ2n) is 7.17. The molecular formula is C20H25N5S. The van der Waals surface area contributed by atoms with Crippen LogP contribution in [0, 0.1) is 0 Å².